The van der Waals surface area contributed by atoms with Gasteiger partial charge in [-0.1, -0.05) is 12.1 Å². The van der Waals surface area contributed by atoms with Crippen molar-refractivity contribution in [2.45, 2.75) is 12.5 Å². The number of rotatable bonds is 5. The largest absolute Gasteiger partial charge is 0.497 e. The van der Waals surface area contributed by atoms with Crippen molar-refractivity contribution in [1.82, 2.24) is 15.1 Å². The Balaban J connectivity index is 2.15. The van der Waals surface area contributed by atoms with E-state index >= 15 is 0 Å². The van der Waals surface area contributed by atoms with Crippen LogP contribution in [0, 0.1) is 0 Å². The number of nitrogens with zero attached hydrogens (tertiary/aromatic N) is 2. The second-order valence-corrected chi connectivity index (χ2v) is 5.29. The maximum atomic E-state index is 11.9. The number of ether oxygens (including phenoxy) is 1. The molecule has 20 heavy (non-hydrogen) atoms. The van der Waals surface area contributed by atoms with Crippen molar-refractivity contribution >= 4 is 6.03 Å². The third-order valence-electron chi connectivity index (χ3n) is 3.66. The van der Waals surface area contributed by atoms with Crippen molar-refractivity contribution < 1.29 is 9.53 Å². The molecular weight excluding hydrogens is 254 g/mol. The maximum Gasteiger partial charge on any atom is 0.317 e. The molecule has 1 aromatic carbocycles. The zero-order valence-electron chi connectivity index (χ0n) is 12.4. The number of benzene rings is 1. The Morgan fingerprint density at radius 3 is 2.90 bits per heavy atom. The molecule has 1 atom stereocenters. The second kappa shape index (κ2) is 6.61. The summed E-state index contributed by atoms with van der Waals surface area (Å²) in [5, 5.41) is 2.89. The molecule has 0 saturated carbocycles. The van der Waals surface area contributed by atoms with E-state index in [9.17, 15) is 4.79 Å². The van der Waals surface area contributed by atoms with Gasteiger partial charge < -0.3 is 19.9 Å². The molecule has 1 saturated heterocycles. The van der Waals surface area contributed by atoms with E-state index in [0.29, 0.717) is 6.54 Å². The molecule has 1 N–H and O–H groups in total. The van der Waals surface area contributed by atoms with E-state index in [1.54, 1.807) is 7.11 Å². The number of carbonyl (C=O) groups is 1. The van der Waals surface area contributed by atoms with Crippen LogP contribution in [0.4, 0.5) is 4.79 Å². The molecule has 1 fully saturated rings. The number of hydrogen-bond donors (Lipinski definition) is 1. The zero-order valence-corrected chi connectivity index (χ0v) is 12.4. The van der Waals surface area contributed by atoms with Gasteiger partial charge in [-0.25, -0.2) is 4.79 Å². The number of methoxy groups -OCH3 is 1. The molecule has 0 bridgehead atoms. The number of carbonyl (C=O) groups excluding carboxylic acids is 1. The summed E-state index contributed by atoms with van der Waals surface area (Å²) in [6.45, 7) is 2.28. The Morgan fingerprint density at radius 2 is 2.25 bits per heavy atom. The van der Waals surface area contributed by atoms with Crippen LogP contribution < -0.4 is 10.1 Å². The Bertz CT molecular complexity index is 462. The Labute approximate surface area is 120 Å². The highest BCUT2D eigenvalue weighted by molar-refractivity contribution is 5.74. The van der Waals surface area contributed by atoms with Crippen LogP contribution in [0.25, 0.3) is 0 Å². The van der Waals surface area contributed by atoms with Gasteiger partial charge in [-0.3, -0.25) is 0 Å². The van der Waals surface area contributed by atoms with Gasteiger partial charge in [0, 0.05) is 19.6 Å². The number of urea groups is 1. The molecule has 1 heterocycles. The minimum absolute atomic E-state index is 0.0333. The summed E-state index contributed by atoms with van der Waals surface area (Å²) >= 11 is 0. The third kappa shape index (κ3) is 3.42. The molecule has 1 unspecified atom stereocenters. The second-order valence-electron chi connectivity index (χ2n) is 5.29. The van der Waals surface area contributed by atoms with E-state index in [1.165, 1.54) is 0 Å². The summed E-state index contributed by atoms with van der Waals surface area (Å²) in [4.78, 5) is 15.9. The van der Waals surface area contributed by atoms with Gasteiger partial charge in [0.25, 0.3) is 0 Å². The monoisotopic (exact) mass is 277 g/mol. The summed E-state index contributed by atoms with van der Waals surface area (Å²) in [7, 11) is 5.74. The average molecular weight is 277 g/mol. The van der Waals surface area contributed by atoms with Gasteiger partial charge in [-0.2, -0.15) is 0 Å². The summed E-state index contributed by atoms with van der Waals surface area (Å²) < 4.78 is 5.28. The lowest BCUT2D eigenvalue weighted by atomic mass is 10.0. The van der Waals surface area contributed by atoms with E-state index in [-0.39, 0.29) is 12.1 Å². The van der Waals surface area contributed by atoms with Gasteiger partial charge in [0.1, 0.15) is 5.75 Å². The van der Waals surface area contributed by atoms with Gasteiger partial charge >= 0.3 is 6.03 Å². The van der Waals surface area contributed by atoms with Gasteiger partial charge in [0.2, 0.25) is 0 Å². The summed E-state index contributed by atoms with van der Waals surface area (Å²) in [6, 6.07) is 8.23. The van der Waals surface area contributed by atoms with Crippen LogP contribution in [0.2, 0.25) is 0 Å². The molecule has 2 amide bonds. The molecule has 0 aliphatic carbocycles. The molecule has 5 nitrogen and oxygen atoms in total. The van der Waals surface area contributed by atoms with Crippen molar-refractivity contribution in [3.8, 4) is 5.75 Å². The minimum Gasteiger partial charge on any atom is -0.497 e. The van der Waals surface area contributed by atoms with Crippen LogP contribution >= 0.6 is 0 Å². The smallest absolute Gasteiger partial charge is 0.317 e. The predicted molar refractivity (Wildman–Crippen MR) is 79.0 cm³/mol. The molecular formula is C15H23N3O2. The molecule has 110 valence electrons. The molecule has 2 rings (SSSR count). The zero-order chi connectivity index (χ0) is 14.5. The van der Waals surface area contributed by atoms with Crippen LogP contribution in [0.15, 0.2) is 24.3 Å². The highest BCUT2D eigenvalue weighted by Gasteiger charge is 2.24. The first-order valence-electron chi connectivity index (χ1n) is 6.95. The highest BCUT2D eigenvalue weighted by Crippen LogP contribution is 2.24. The van der Waals surface area contributed by atoms with Crippen LogP contribution in [0.3, 0.4) is 0 Å². The van der Waals surface area contributed by atoms with Gasteiger partial charge in [0.05, 0.1) is 13.2 Å². The van der Waals surface area contributed by atoms with Crippen molar-refractivity contribution in [2.75, 3.05) is 40.8 Å². The summed E-state index contributed by atoms with van der Waals surface area (Å²) in [5.74, 6) is 0.845. The minimum atomic E-state index is 0.0333. The molecule has 1 aromatic rings. The quantitative estimate of drug-likeness (QED) is 0.891. The van der Waals surface area contributed by atoms with E-state index in [4.69, 9.17) is 4.74 Å². The van der Waals surface area contributed by atoms with Crippen LogP contribution in [0.5, 0.6) is 5.75 Å². The van der Waals surface area contributed by atoms with Crippen molar-refractivity contribution in [3.63, 3.8) is 0 Å². The number of likely N-dealkylation sites (N-methyl/N-ethyl adjacent to an activating group) is 1. The number of hydrogen-bond acceptors (Lipinski definition) is 3. The highest BCUT2D eigenvalue weighted by atomic mass is 16.5. The van der Waals surface area contributed by atoms with E-state index in [0.717, 1.165) is 30.8 Å². The Morgan fingerprint density at radius 1 is 1.45 bits per heavy atom. The fraction of sp³-hybridized carbons (Fsp3) is 0.533. The van der Waals surface area contributed by atoms with Crippen LogP contribution in [-0.2, 0) is 0 Å². The fourth-order valence-electron chi connectivity index (χ4n) is 2.48. The van der Waals surface area contributed by atoms with Crippen molar-refractivity contribution in [2.24, 2.45) is 0 Å². The maximum absolute atomic E-state index is 11.9. The fourth-order valence-corrected chi connectivity index (χ4v) is 2.48. The van der Waals surface area contributed by atoms with Gasteiger partial charge in [-0.05, 0) is 38.2 Å². The van der Waals surface area contributed by atoms with Crippen LogP contribution in [0.1, 0.15) is 18.0 Å². The summed E-state index contributed by atoms with van der Waals surface area (Å²) in [5.41, 5.74) is 1.16. The number of nitrogens with one attached hydrogen (secondary N) is 1. The van der Waals surface area contributed by atoms with E-state index < -0.39 is 0 Å². The molecule has 5 heteroatoms. The number of amides is 2. The normalized spacial score (nSPS) is 17.0. The average Bonchev–Trinajstić information content (AvgIpc) is 2.46. The van der Waals surface area contributed by atoms with Crippen LogP contribution in [-0.4, -0.2) is 56.7 Å². The van der Waals surface area contributed by atoms with Gasteiger partial charge in [0.15, 0.2) is 0 Å². The predicted octanol–water partition coefficient (Wildman–Crippen LogP) is 1.71. The third-order valence-corrected chi connectivity index (χ3v) is 3.66. The Kier molecular flexibility index (Phi) is 4.84. The van der Waals surface area contributed by atoms with Crippen molar-refractivity contribution in [3.05, 3.63) is 29.8 Å². The van der Waals surface area contributed by atoms with E-state index in [2.05, 4.69) is 16.3 Å². The van der Waals surface area contributed by atoms with E-state index in [1.807, 2.05) is 37.2 Å². The first-order valence-corrected chi connectivity index (χ1v) is 6.95. The standard InChI is InChI=1S/C15H23N3O2/c1-17(2)14(11-18-9-5-8-16-15(18)19)12-6-4-7-13(10-12)20-3/h4,6-7,10,14H,5,8-9,11H2,1-3H3,(H,16,19). The molecule has 0 aromatic heterocycles. The Hall–Kier alpha value is -1.75. The first-order chi connectivity index (χ1) is 9.61. The van der Waals surface area contributed by atoms with Gasteiger partial charge in [-0.15, -0.1) is 0 Å². The topological polar surface area (TPSA) is 44.8 Å². The molecule has 0 spiro atoms. The lowest BCUT2D eigenvalue weighted by molar-refractivity contribution is 0.160. The SMILES string of the molecule is COc1cccc(C(CN2CCCNC2=O)N(C)C)c1. The molecule has 1 aliphatic heterocycles. The van der Waals surface area contributed by atoms with Crippen molar-refractivity contribution in [1.29, 1.82) is 0 Å². The lowest BCUT2D eigenvalue weighted by Gasteiger charge is -2.34. The molecule has 1 aliphatic rings. The summed E-state index contributed by atoms with van der Waals surface area (Å²) in [6.07, 6.45) is 1.00. The first kappa shape index (κ1) is 14.7. The lowest BCUT2D eigenvalue weighted by Crippen LogP contribution is -2.49. The molecule has 0 radical (unpaired) electrons.